The number of nitrogens with one attached hydrogen (secondary N) is 1. The molecule has 6 heteroatoms. The first-order valence-corrected chi connectivity index (χ1v) is 7.50. The molecule has 3 aliphatic rings. The summed E-state index contributed by atoms with van der Waals surface area (Å²) in [4.78, 5) is 24.5. The first-order valence-electron chi connectivity index (χ1n) is 7.50. The quantitative estimate of drug-likeness (QED) is 0.709. The molecule has 20 heavy (non-hydrogen) atoms. The standard InChI is InChI=1S/C14H22N2O4/c17-11-5-12(13(18)19)16(7-11)14(20)15-6-10-4-8-1-2-9(10)3-8/h8-12,17H,1-7H2,(H,15,20)(H,18,19)/t8?,9?,10?,11?,12-/m0/s1. The van der Waals surface area contributed by atoms with E-state index in [1.54, 1.807) is 0 Å². The van der Waals surface area contributed by atoms with Crippen LogP contribution in [0.25, 0.3) is 0 Å². The number of hydrogen-bond donors (Lipinski definition) is 3. The van der Waals surface area contributed by atoms with Gasteiger partial charge in [-0.2, -0.15) is 0 Å². The van der Waals surface area contributed by atoms with E-state index in [0.29, 0.717) is 12.5 Å². The van der Waals surface area contributed by atoms with Crippen LogP contribution in [0.5, 0.6) is 0 Å². The Kier molecular flexibility index (Phi) is 3.58. The van der Waals surface area contributed by atoms with E-state index in [-0.39, 0.29) is 19.0 Å². The number of likely N-dealkylation sites (tertiary alicyclic amines) is 1. The van der Waals surface area contributed by atoms with Gasteiger partial charge in [0.1, 0.15) is 6.04 Å². The van der Waals surface area contributed by atoms with Crippen molar-refractivity contribution in [2.45, 2.75) is 44.2 Å². The molecule has 4 unspecified atom stereocenters. The number of hydrogen-bond acceptors (Lipinski definition) is 3. The van der Waals surface area contributed by atoms with E-state index in [1.165, 1.54) is 30.6 Å². The van der Waals surface area contributed by atoms with E-state index in [1.807, 2.05) is 0 Å². The fraction of sp³-hybridized carbons (Fsp3) is 0.857. The van der Waals surface area contributed by atoms with Crippen LogP contribution in [-0.4, -0.2) is 52.3 Å². The molecule has 3 rings (SSSR count). The monoisotopic (exact) mass is 282 g/mol. The van der Waals surface area contributed by atoms with Crippen molar-refractivity contribution >= 4 is 12.0 Å². The molecule has 1 saturated heterocycles. The normalized spacial score (nSPS) is 39.2. The van der Waals surface area contributed by atoms with Crippen LogP contribution >= 0.6 is 0 Å². The number of carboxylic acids is 1. The van der Waals surface area contributed by atoms with Crippen LogP contribution in [0, 0.1) is 17.8 Å². The van der Waals surface area contributed by atoms with Crippen LogP contribution in [0.3, 0.4) is 0 Å². The van der Waals surface area contributed by atoms with Gasteiger partial charge in [-0.25, -0.2) is 9.59 Å². The molecule has 2 bridgehead atoms. The van der Waals surface area contributed by atoms with Crippen LogP contribution < -0.4 is 5.32 Å². The van der Waals surface area contributed by atoms with E-state index in [0.717, 1.165) is 11.8 Å². The molecule has 112 valence electrons. The first-order chi connectivity index (χ1) is 9.54. The van der Waals surface area contributed by atoms with Crippen molar-refractivity contribution < 1.29 is 19.8 Å². The molecular formula is C14H22N2O4. The number of β-amino-alcohol motifs (C(OH)–C–C–N with tert-alkyl or cyclic N) is 1. The van der Waals surface area contributed by atoms with Crippen molar-refractivity contribution in [2.24, 2.45) is 17.8 Å². The number of aliphatic hydroxyl groups is 1. The number of amides is 2. The Morgan fingerprint density at radius 1 is 1.20 bits per heavy atom. The van der Waals surface area contributed by atoms with Gasteiger partial charge >= 0.3 is 12.0 Å². The maximum Gasteiger partial charge on any atom is 0.326 e. The topological polar surface area (TPSA) is 89.9 Å². The first kappa shape index (κ1) is 13.7. The van der Waals surface area contributed by atoms with Crippen LogP contribution in [0.15, 0.2) is 0 Å². The second-order valence-electron chi connectivity index (χ2n) is 6.52. The Hall–Kier alpha value is -1.30. The van der Waals surface area contributed by atoms with E-state index in [9.17, 15) is 14.7 Å². The Morgan fingerprint density at radius 3 is 2.60 bits per heavy atom. The molecule has 1 heterocycles. The van der Waals surface area contributed by atoms with Gasteiger partial charge in [-0.1, -0.05) is 6.42 Å². The molecule has 5 atom stereocenters. The summed E-state index contributed by atoms with van der Waals surface area (Å²) >= 11 is 0. The number of nitrogens with zero attached hydrogens (tertiary/aromatic N) is 1. The minimum absolute atomic E-state index is 0.111. The molecule has 2 amide bonds. The maximum absolute atomic E-state index is 12.1. The Labute approximate surface area is 118 Å². The van der Waals surface area contributed by atoms with E-state index in [2.05, 4.69) is 5.32 Å². The van der Waals surface area contributed by atoms with E-state index < -0.39 is 18.1 Å². The third-order valence-corrected chi connectivity index (χ3v) is 5.22. The van der Waals surface area contributed by atoms with Crippen molar-refractivity contribution in [1.29, 1.82) is 0 Å². The van der Waals surface area contributed by atoms with Crippen LogP contribution in [-0.2, 0) is 4.79 Å². The van der Waals surface area contributed by atoms with Crippen LogP contribution in [0.2, 0.25) is 0 Å². The van der Waals surface area contributed by atoms with Gasteiger partial charge in [0.05, 0.1) is 6.10 Å². The fourth-order valence-corrected chi connectivity index (χ4v) is 4.22. The predicted molar refractivity (Wildman–Crippen MR) is 71.1 cm³/mol. The minimum Gasteiger partial charge on any atom is -0.480 e. The Balaban J connectivity index is 1.52. The van der Waals surface area contributed by atoms with Crippen molar-refractivity contribution in [1.82, 2.24) is 10.2 Å². The SMILES string of the molecule is O=C(O)[C@@H]1CC(O)CN1C(=O)NCC1CC2CCC1C2. The second kappa shape index (κ2) is 5.24. The number of rotatable bonds is 3. The summed E-state index contributed by atoms with van der Waals surface area (Å²) in [5, 5.41) is 21.5. The maximum atomic E-state index is 12.1. The average Bonchev–Trinajstić information content (AvgIpc) is 3.09. The summed E-state index contributed by atoms with van der Waals surface area (Å²) < 4.78 is 0. The zero-order valence-corrected chi connectivity index (χ0v) is 11.5. The molecule has 0 aromatic rings. The lowest BCUT2D eigenvalue weighted by molar-refractivity contribution is -0.141. The van der Waals surface area contributed by atoms with E-state index in [4.69, 9.17) is 5.11 Å². The molecule has 3 N–H and O–H groups in total. The number of urea groups is 1. The Morgan fingerprint density at radius 2 is 2.00 bits per heavy atom. The lowest BCUT2D eigenvalue weighted by atomic mass is 9.89. The lowest BCUT2D eigenvalue weighted by Crippen LogP contribution is -2.47. The zero-order valence-electron chi connectivity index (χ0n) is 11.5. The lowest BCUT2D eigenvalue weighted by Gasteiger charge is -2.25. The largest absolute Gasteiger partial charge is 0.480 e. The molecule has 0 aromatic heterocycles. The summed E-state index contributed by atoms with van der Waals surface area (Å²) in [5.74, 6) is 1.08. The zero-order chi connectivity index (χ0) is 14.3. The second-order valence-corrected chi connectivity index (χ2v) is 6.52. The third kappa shape index (κ3) is 2.49. The summed E-state index contributed by atoms with van der Waals surface area (Å²) in [7, 11) is 0. The highest BCUT2D eigenvalue weighted by molar-refractivity contribution is 5.83. The van der Waals surface area contributed by atoms with Gasteiger partial charge in [0.15, 0.2) is 0 Å². The molecule has 6 nitrogen and oxygen atoms in total. The molecule has 0 radical (unpaired) electrons. The highest BCUT2D eigenvalue weighted by Crippen LogP contribution is 2.47. The van der Waals surface area contributed by atoms with Gasteiger partial charge in [-0.3, -0.25) is 0 Å². The van der Waals surface area contributed by atoms with Gasteiger partial charge in [-0.05, 0) is 37.0 Å². The third-order valence-electron chi connectivity index (χ3n) is 5.22. The molecule has 0 spiro atoms. The highest BCUT2D eigenvalue weighted by Gasteiger charge is 2.41. The summed E-state index contributed by atoms with van der Waals surface area (Å²) in [6.07, 6.45) is 4.47. The van der Waals surface area contributed by atoms with Gasteiger partial charge in [0.2, 0.25) is 0 Å². The van der Waals surface area contributed by atoms with Gasteiger partial charge in [0.25, 0.3) is 0 Å². The molecule has 2 saturated carbocycles. The molecule has 0 aromatic carbocycles. The number of aliphatic carboxylic acids is 1. The van der Waals surface area contributed by atoms with Crippen molar-refractivity contribution in [3.05, 3.63) is 0 Å². The van der Waals surface area contributed by atoms with Gasteiger partial charge in [-0.15, -0.1) is 0 Å². The van der Waals surface area contributed by atoms with Gasteiger partial charge < -0.3 is 20.4 Å². The van der Waals surface area contributed by atoms with Crippen molar-refractivity contribution in [3.63, 3.8) is 0 Å². The summed E-state index contributed by atoms with van der Waals surface area (Å²) in [6.45, 7) is 0.748. The summed E-state index contributed by atoms with van der Waals surface area (Å²) in [6, 6.07) is -1.25. The highest BCUT2D eigenvalue weighted by atomic mass is 16.4. The minimum atomic E-state index is -1.04. The number of carboxylic acid groups (broad SMARTS) is 1. The summed E-state index contributed by atoms with van der Waals surface area (Å²) in [5.41, 5.74) is 0. The van der Waals surface area contributed by atoms with Crippen LogP contribution in [0.1, 0.15) is 32.1 Å². The molecule has 3 fully saturated rings. The number of fused-ring (bicyclic) bond motifs is 2. The Bertz CT molecular complexity index is 414. The van der Waals surface area contributed by atoms with Crippen LogP contribution in [0.4, 0.5) is 4.79 Å². The number of carbonyl (C=O) groups is 2. The molecule has 2 aliphatic carbocycles. The van der Waals surface area contributed by atoms with Gasteiger partial charge in [0, 0.05) is 19.5 Å². The fourth-order valence-electron chi connectivity index (χ4n) is 4.22. The van der Waals surface area contributed by atoms with Crippen molar-refractivity contribution in [2.75, 3.05) is 13.1 Å². The van der Waals surface area contributed by atoms with Crippen molar-refractivity contribution in [3.8, 4) is 0 Å². The van der Waals surface area contributed by atoms with E-state index >= 15 is 0 Å². The molecular weight excluding hydrogens is 260 g/mol. The predicted octanol–water partition coefficient (Wildman–Crippen LogP) is 0.652. The molecule has 1 aliphatic heterocycles. The smallest absolute Gasteiger partial charge is 0.326 e. The number of carbonyl (C=O) groups excluding carboxylic acids is 1. The average molecular weight is 282 g/mol. The number of aliphatic hydroxyl groups excluding tert-OH is 1.